The van der Waals surface area contributed by atoms with Gasteiger partial charge in [0.05, 0.1) is 30.5 Å². The van der Waals surface area contributed by atoms with Gasteiger partial charge >= 0.3 is 0 Å². The van der Waals surface area contributed by atoms with E-state index in [9.17, 15) is 74.4 Å². The quantitative estimate of drug-likeness (QED) is 0.0477. The first-order valence-corrected chi connectivity index (χ1v) is 27.3. The molecule has 0 spiro atoms. The number of aliphatic hydroxyl groups excluding tert-OH is 7. The van der Waals surface area contributed by atoms with Crippen molar-refractivity contribution in [1.82, 2.24) is 41.7 Å². The molecule has 0 aromatic heterocycles. The lowest BCUT2D eigenvalue weighted by Crippen LogP contribution is -2.65. The predicted molar refractivity (Wildman–Crippen MR) is 280 cm³/mol. The molecule has 18 N–H and O–H groups in total. The summed E-state index contributed by atoms with van der Waals surface area (Å²) in [6.45, 7) is 6.73. The van der Waals surface area contributed by atoms with Crippen LogP contribution >= 0.6 is 0 Å². The zero-order valence-electron chi connectivity index (χ0n) is 45.0. The molecule has 77 heavy (non-hydrogen) atoms. The van der Waals surface area contributed by atoms with Crippen molar-refractivity contribution in [1.29, 1.82) is 0 Å². The molecule has 3 saturated heterocycles. The Morgan fingerprint density at radius 3 is 1.97 bits per heavy atom. The summed E-state index contributed by atoms with van der Waals surface area (Å²) < 4.78 is 0. The largest absolute Gasteiger partial charge is 0.508 e. The number of phenolic OH excluding ortho intramolecular Hbond substituents is 1. The molecule has 1 aromatic carbocycles. The van der Waals surface area contributed by atoms with Crippen LogP contribution in [0.2, 0.25) is 0 Å². The second kappa shape index (κ2) is 31.5. The third-order valence-electron chi connectivity index (χ3n) is 14.9. The molecule has 4 rings (SSSR count). The van der Waals surface area contributed by atoms with Gasteiger partial charge in [-0.15, -0.1) is 0 Å². The number of hydrogen-bond acceptors (Lipinski definition) is 18. The van der Waals surface area contributed by atoms with Crippen molar-refractivity contribution in [3.05, 3.63) is 29.8 Å². The van der Waals surface area contributed by atoms with Crippen molar-refractivity contribution >= 4 is 41.4 Å². The molecule has 25 nitrogen and oxygen atoms in total. The maximum atomic E-state index is 14.6. The van der Waals surface area contributed by atoms with Crippen LogP contribution in [0.1, 0.15) is 129 Å². The second-order valence-corrected chi connectivity index (χ2v) is 21.3. The SMILES string of the molecule is CCC(C)CC(C)CCCCCCCCC(=O)N[C@@H]1C[C@@H](O)[C@@H](NCCN)NC(=O)C2[C@@H](O)CCN2C(=O)[C@H]([C@H](O)CCN)NC(=O)[C@H]([C@H](O)[C@@H](O)c2ccc(O)cc2)NC(=O)[C@@H]2C[C@@H](O)CN2C(=O)[C@H]([C@@H](C)O)NC1=O. The number of fused-ring (bicyclic) bond motifs is 2. The molecule has 3 heterocycles. The second-order valence-electron chi connectivity index (χ2n) is 21.3. The average molecular weight is 1090 g/mol. The molecule has 25 heteroatoms. The first-order chi connectivity index (χ1) is 36.5. The number of amides is 7. The van der Waals surface area contributed by atoms with Crippen LogP contribution in [0.25, 0.3) is 0 Å². The Balaban J connectivity index is 1.73. The van der Waals surface area contributed by atoms with Gasteiger partial charge in [-0.05, 0) is 68.7 Å². The Hall–Kier alpha value is -5.09. The molecular weight excluding hydrogens is 1000 g/mol. The molecule has 3 fully saturated rings. The fourth-order valence-electron chi connectivity index (χ4n) is 10.2. The van der Waals surface area contributed by atoms with Gasteiger partial charge in [-0.1, -0.05) is 77.8 Å². The number of carbonyl (C=O) groups excluding carboxylic acids is 7. The summed E-state index contributed by atoms with van der Waals surface area (Å²) in [4.78, 5) is 102. The van der Waals surface area contributed by atoms with Crippen molar-refractivity contribution in [3.8, 4) is 5.75 Å². The van der Waals surface area contributed by atoms with Gasteiger partial charge in [-0.3, -0.25) is 38.9 Å². The topological polar surface area (TPSA) is 412 Å². The molecule has 436 valence electrons. The van der Waals surface area contributed by atoms with E-state index >= 15 is 0 Å². The van der Waals surface area contributed by atoms with Crippen LogP contribution in [0.4, 0.5) is 0 Å². The van der Waals surface area contributed by atoms with Crippen molar-refractivity contribution < 1.29 is 74.4 Å². The molecular formula is C52H88N10O15. The molecule has 0 saturated carbocycles. The van der Waals surface area contributed by atoms with Gasteiger partial charge in [0.1, 0.15) is 60.4 Å². The molecule has 3 aliphatic heterocycles. The lowest BCUT2D eigenvalue weighted by Gasteiger charge is -2.35. The van der Waals surface area contributed by atoms with Crippen LogP contribution in [0.15, 0.2) is 24.3 Å². The molecule has 0 aliphatic carbocycles. The van der Waals surface area contributed by atoms with E-state index in [2.05, 4.69) is 52.7 Å². The fraction of sp³-hybridized carbons (Fsp3) is 0.750. The Bertz CT molecular complexity index is 2070. The lowest BCUT2D eigenvalue weighted by molar-refractivity contribution is -0.148. The Kier molecular flexibility index (Phi) is 26.4. The Labute approximate surface area is 450 Å². The summed E-state index contributed by atoms with van der Waals surface area (Å²) in [7, 11) is 0. The van der Waals surface area contributed by atoms with Crippen LogP contribution in [-0.2, 0) is 33.6 Å². The smallest absolute Gasteiger partial charge is 0.248 e. The number of aliphatic hydroxyl groups is 7. The highest BCUT2D eigenvalue weighted by Gasteiger charge is 2.49. The monoisotopic (exact) mass is 1090 g/mol. The number of benzene rings is 1. The average Bonchev–Trinajstić information content (AvgIpc) is 3.99. The lowest BCUT2D eigenvalue weighted by atomic mass is 9.91. The van der Waals surface area contributed by atoms with E-state index in [4.69, 9.17) is 11.5 Å². The van der Waals surface area contributed by atoms with Crippen LogP contribution < -0.4 is 43.4 Å². The Morgan fingerprint density at radius 2 is 1.34 bits per heavy atom. The van der Waals surface area contributed by atoms with Crippen LogP contribution in [0.3, 0.4) is 0 Å². The van der Waals surface area contributed by atoms with E-state index < -0.39 is 146 Å². The number of unbranched alkanes of at least 4 members (excludes halogenated alkanes) is 5. The van der Waals surface area contributed by atoms with Gasteiger partial charge in [0.25, 0.3) is 0 Å². The standard InChI is InChI=1S/C52H88N10O15/c1-5-28(2)24-29(3)12-10-8-6-7-9-11-13-39(69)56-34-26-38(68)46(55-22-21-54)60-50(75)43-37(67)19-23-61(43)52(77)41(36(66)18-20-53)58-49(74)42(45(71)44(70)31-14-16-32(64)17-15-31)59-48(73)35-25-33(65)27-62(35)51(76)40(30(4)63)57-47(34)72/h14-17,28-30,33-38,40-46,55,63-68,70-71H,5-13,18-27,53-54H2,1-4H3,(H,56,69)(H,57,72)(H,58,74)(H,59,73)(H,60,75)/t28?,29?,30-,33-,34-,35+,36-,37+,38-,40+,41+,42+,43?,44+,45+,46+/m1/s1. The molecule has 0 radical (unpaired) electrons. The Morgan fingerprint density at radius 1 is 0.714 bits per heavy atom. The van der Waals surface area contributed by atoms with Gasteiger partial charge in [-0.2, -0.15) is 0 Å². The molecule has 7 amide bonds. The van der Waals surface area contributed by atoms with E-state index in [0.717, 1.165) is 55.2 Å². The predicted octanol–water partition coefficient (Wildman–Crippen LogP) is -3.31. The number of phenols is 1. The highest BCUT2D eigenvalue weighted by Crippen LogP contribution is 2.27. The van der Waals surface area contributed by atoms with Crippen molar-refractivity contribution in [2.45, 2.75) is 203 Å². The van der Waals surface area contributed by atoms with E-state index in [0.29, 0.717) is 24.7 Å². The highest BCUT2D eigenvalue weighted by atomic mass is 16.3. The molecule has 3 aliphatic rings. The summed E-state index contributed by atoms with van der Waals surface area (Å²) in [6.07, 6.45) is -6.95. The molecule has 0 bridgehead atoms. The van der Waals surface area contributed by atoms with E-state index in [-0.39, 0.29) is 56.8 Å². The first kappa shape index (κ1) is 64.4. The number of carbonyl (C=O) groups is 7. The van der Waals surface area contributed by atoms with Gasteiger partial charge in [0.15, 0.2) is 0 Å². The van der Waals surface area contributed by atoms with E-state index in [1.54, 1.807) is 0 Å². The van der Waals surface area contributed by atoms with Gasteiger partial charge in [0, 0.05) is 45.4 Å². The minimum atomic E-state index is -2.28. The fourth-order valence-corrected chi connectivity index (χ4v) is 10.2. The minimum absolute atomic E-state index is 0.0257. The summed E-state index contributed by atoms with van der Waals surface area (Å²) in [5.41, 5.74) is 11.5. The zero-order valence-corrected chi connectivity index (χ0v) is 45.0. The van der Waals surface area contributed by atoms with Gasteiger partial charge in [-0.25, -0.2) is 0 Å². The summed E-state index contributed by atoms with van der Waals surface area (Å²) in [6, 6.07) is -6.40. The van der Waals surface area contributed by atoms with Crippen molar-refractivity contribution in [2.75, 3.05) is 32.7 Å². The van der Waals surface area contributed by atoms with Gasteiger partial charge < -0.3 is 88.7 Å². The molecule has 3 unspecified atom stereocenters. The highest BCUT2D eigenvalue weighted by molar-refractivity contribution is 5.98. The van der Waals surface area contributed by atoms with Crippen molar-refractivity contribution in [3.63, 3.8) is 0 Å². The normalized spacial score (nSPS) is 28.6. The van der Waals surface area contributed by atoms with Gasteiger partial charge in [0.2, 0.25) is 41.4 Å². The molecule has 1 aromatic rings. The zero-order chi connectivity index (χ0) is 57.1. The third-order valence-corrected chi connectivity index (χ3v) is 14.9. The number of rotatable bonds is 23. The van der Waals surface area contributed by atoms with Crippen LogP contribution in [0, 0.1) is 11.8 Å². The molecule has 16 atom stereocenters. The van der Waals surface area contributed by atoms with Crippen LogP contribution in [0.5, 0.6) is 5.75 Å². The maximum Gasteiger partial charge on any atom is 0.248 e. The number of aromatic hydroxyl groups is 1. The number of nitrogens with two attached hydrogens (primary N) is 2. The van der Waals surface area contributed by atoms with Crippen LogP contribution in [-0.4, -0.2) is 204 Å². The first-order valence-electron chi connectivity index (χ1n) is 27.3. The summed E-state index contributed by atoms with van der Waals surface area (Å²) in [5.74, 6) is -6.43. The summed E-state index contributed by atoms with van der Waals surface area (Å²) >= 11 is 0. The maximum absolute atomic E-state index is 14.6. The third kappa shape index (κ3) is 18.8. The summed E-state index contributed by atoms with van der Waals surface area (Å²) in [5, 5.41) is 104. The minimum Gasteiger partial charge on any atom is -0.508 e. The number of nitrogens with one attached hydrogen (secondary N) is 6. The van der Waals surface area contributed by atoms with E-state index in [1.807, 2.05) is 0 Å². The number of hydrogen-bond donors (Lipinski definition) is 16. The van der Waals surface area contributed by atoms with Crippen molar-refractivity contribution in [2.24, 2.45) is 23.3 Å². The van der Waals surface area contributed by atoms with E-state index in [1.165, 1.54) is 30.7 Å². The number of nitrogens with zero attached hydrogens (tertiary/aromatic N) is 2.